The Kier molecular flexibility index (Phi) is 3.60. The van der Waals surface area contributed by atoms with Gasteiger partial charge >= 0.3 is 5.97 Å². The molecule has 1 aromatic rings. The van der Waals surface area contributed by atoms with Crippen molar-refractivity contribution in [3.63, 3.8) is 0 Å². The third kappa shape index (κ3) is 2.42. The lowest BCUT2D eigenvalue weighted by molar-refractivity contribution is 0.0600. The van der Waals surface area contributed by atoms with Crippen molar-refractivity contribution in [2.75, 3.05) is 12.8 Å². The van der Waals surface area contributed by atoms with Crippen molar-refractivity contribution >= 4 is 17.7 Å². The molecule has 0 bridgehead atoms. The number of nitrogen functional groups attached to an aromatic ring is 1. The number of benzene rings is 1. The monoisotopic (exact) mass is 206 g/mol. The van der Waals surface area contributed by atoms with E-state index < -0.39 is 5.97 Å². The summed E-state index contributed by atoms with van der Waals surface area (Å²) in [7, 11) is 1.27. The molecule has 0 aromatic heterocycles. The molecule has 0 saturated carbocycles. The molecule has 0 radical (unpaired) electrons. The second kappa shape index (κ2) is 4.93. The summed E-state index contributed by atoms with van der Waals surface area (Å²) in [5.74, 6) is -0.538. The van der Waals surface area contributed by atoms with Crippen LogP contribution >= 0.6 is 0 Å². The molecular weight excluding hydrogens is 196 g/mol. The molecule has 0 unspecified atom stereocenters. The summed E-state index contributed by atoms with van der Waals surface area (Å²) >= 11 is 0. The second-order valence-corrected chi connectivity index (χ2v) is 2.78. The summed E-state index contributed by atoms with van der Waals surface area (Å²) in [6.45, 7) is 0.0684. The van der Waals surface area contributed by atoms with Gasteiger partial charge in [0.25, 0.3) is 0 Å². The predicted octanol–water partition coefficient (Wildman–Crippen LogP) is 0.891. The summed E-state index contributed by atoms with van der Waals surface area (Å²) < 4.78 is 4.58. The Bertz CT molecular complexity index is 423. The first kappa shape index (κ1) is 10.9. The Morgan fingerprint density at radius 3 is 2.93 bits per heavy atom. The number of ether oxygens (including phenoxy) is 1. The van der Waals surface area contributed by atoms with Gasteiger partial charge in [0, 0.05) is 5.69 Å². The van der Waals surface area contributed by atoms with Crippen molar-refractivity contribution in [3.05, 3.63) is 29.3 Å². The number of esters is 1. The van der Waals surface area contributed by atoms with E-state index in [1.165, 1.54) is 13.2 Å². The molecule has 0 amide bonds. The van der Waals surface area contributed by atoms with Gasteiger partial charge in [-0.3, -0.25) is 0 Å². The number of hydrogen-bond donors (Lipinski definition) is 1. The lowest BCUT2D eigenvalue weighted by Gasteiger charge is -2.07. The first-order chi connectivity index (χ1) is 7.20. The third-order valence-corrected chi connectivity index (χ3v) is 1.89. The quantitative estimate of drug-likeness (QED) is 0.344. The number of aliphatic imine (C=N–C) groups is 1. The number of rotatable bonds is 3. The highest BCUT2D eigenvalue weighted by Gasteiger charge is 2.14. The highest BCUT2D eigenvalue weighted by atomic mass is 16.5. The zero-order chi connectivity index (χ0) is 11.3. The topological polar surface area (TPSA) is 81.8 Å². The SMILES string of the molecule is COC(=O)c1c(N)cccc1CN=C=O. The number of nitrogens with zero attached hydrogens (tertiary/aromatic N) is 1. The molecule has 0 spiro atoms. The molecule has 1 rings (SSSR count). The molecule has 0 saturated heterocycles. The number of methoxy groups -OCH3 is 1. The standard InChI is InChI=1S/C10H10N2O3/c1-15-10(14)9-7(5-12-6-13)3-2-4-8(9)11/h2-4H,5,11H2,1H3. The van der Waals surface area contributed by atoms with E-state index in [0.29, 0.717) is 11.3 Å². The van der Waals surface area contributed by atoms with E-state index in [1.54, 1.807) is 18.2 Å². The van der Waals surface area contributed by atoms with Crippen molar-refractivity contribution in [3.8, 4) is 0 Å². The van der Waals surface area contributed by atoms with Crippen LogP contribution in [-0.4, -0.2) is 19.2 Å². The molecule has 0 aliphatic rings. The van der Waals surface area contributed by atoms with Crippen LogP contribution in [-0.2, 0) is 16.1 Å². The fourth-order valence-corrected chi connectivity index (χ4v) is 1.22. The normalized spacial score (nSPS) is 9.13. The first-order valence-corrected chi connectivity index (χ1v) is 4.20. The van der Waals surface area contributed by atoms with Gasteiger partial charge in [0.2, 0.25) is 6.08 Å². The maximum atomic E-state index is 11.4. The maximum absolute atomic E-state index is 11.4. The van der Waals surface area contributed by atoms with Crippen LogP contribution in [0, 0.1) is 0 Å². The van der Waals surface area contributed by atoms with Crippen molar-refractivity contribution < 1.29 is 14.3 Å². The Labute approximate surface area is 86.6 Å². The number of hydrogen-bond acceptors (Lipinski definition) is 5. The number of carbonyl (C=O) groups excluding carboxylic acids is 2. The zero-order valence-electron chi connectivity index (χ0n) is 8.19. The minimum atomic E-state index is -0.538. The number of nitrogens with two attached hydrogens (primary N) is 1. The largest absolute Gasteiger partial charge is 0.465 e. The summed E-state index contributed by atoms with van der Waals surface area (Å²) in [4.78, 5) is 24.7. The van der Waals surface area contributed by atoms with Gasteiger partial charge in [0.15, 0.2) is 0 Å². The third-order valence-electron chi connectivity index (χ3n) is 1.89. The minimum Gasteiger partial charge on any atom is -0.465 e. The van der Waals surface area contributed by atoms with Gasteiger partial charge in [-0.05, 0) is 11.6 Å². The molecule has 0 aliphatic carbocycles. The molecule has 0 heterocycles. The fraction of sp³-hybridized carbons (Fsp3) is 0.200. The van der Waals surface area contributed by atoms with E-state index in [-0.39, 0.29) is 12.1 Å². The molecule has 2 N–H and O–H groups in total. The fourth-order valence-electron chi connectivity index (χ4n) is 1.22. The molecule has 5 nitrogen and oxygen atoms in total. The van der Waals surface area contributed by atoms with E-state index in [0.717, 1.165) is 0 Å². The maximum Gasteiger partial charge on any atom is 0.340 e. The Morgan fingerprint density at radius 2 is 2.33 bits per heavy atom. The molecule has 15 heavy (non-hydrogen) atoms. The second-order valence-electron chi connectivity index (χ2n) is 2.78. The lowest BCUT2D eigenvalue weighted by atomic mass is 10.1. The van der Waals surface area contributed by atoms with Crippen LogP contribution < -0.4 is 5.73 Å². The summed E-state index contributed by atoms with van der Waals surface area (Å²) in [6, 6.07) is 4.92. The van der Waals surface area contributed by atoms with E-state index in [1.807, 2.05) is 0 Å². The van der Waals surface area contributed by atoms with Gasteiger partial charge < -0.3 is 10.5 Å². The van der Waals surface area contributed by atoms with Crippen LogP contribution in [0.2, 0.25) is 0 Å². The van der Waals surface area contributed by atoms with Crippen LogP contribution in [0.4, 0.5) is 5.69 Å². The Hall–Kier alpha value is -2.13. The smallest absolute Gasteiger partial charge is 0.340 e. The van der Waals surface area contributed by atoms with Crippen molar-refractivity contribution in [2.45, 2.75) is 6.54 Å². The highest BCUT2D eigenvalue weighted by molar-refractivity contribution is 5.96. The van der Waals surface area contributed by atoms with Gasteiger partial charge in [-0.15, -0.1) is 0 Å². The summed E-state index contributed by atoms with van der Waals surface area (Å²) in [5.41, 5.74) is 6.73. The van der Waals surface area contributed by atoms with Gasteiger partial charge in [-0.25, -0.2) is 14.6 Å². The molecule has 1 aromatic carbocycles. The van der Waals surface area contributed by atoms with E-state index in [2.05, 4.69) is 9.73 Å². The van der Waals surface area contributed by atoms with Crippen molar-refractivity contribution in [1.82, 2.24) is 0 Å². The minimum absolute atomic E-state index is 0.0684. The Balaban J connectivity index is 3.19. The molecular formula is C10H10N2O3. The van der Waals surface area contributed by atoms with Crippen LogP contribution in [0.15, 0.2) is 23.2 Å². The van der Waals surface area contributed by atoms with Crippen LogP contribution in [0.25, 0.3) is 0 Å². The molecule has 78 valence electrons. The summed E-state index contributed by atoms with van der Waals surface area (Å²) in [6.07, 6.45) is 1.40. The van der Waals surface area contributed by atoms with E-state index >= 15 is 0 Å². The average molecular weight is 206 g/mol. The number of isocyanates is 1. The average Bonchev–Trinajstić information content (AvgIpc) is 2.25. The molecule has 5 heteroatoms. The number of anilines is 1. The van der Waals surface area contributed by atoms with E-state index in [9.17, 15) is 9.59 Å². The van der Waals surface area contributed by atoms with Crippen LogP contribution in [0.5, 0.6) is 0 Å². The molecule has 0 fully saturated rings. The van der Waals surface area contributed by atoms with Gasteiger partial charge in [0.05, 0.1) is 19.2 Å². The predicted molar refractivity (Wildman–Crippen MR) is 54.0 cm³/mol. The van der Waals surface area contributed by atoms with Gasteiger partial charge in [-0.2, -0.15) is 0 Å². The van der Waals surface area contributed by atoms with Crippen molar-refractivity contribution in [1.29, 1.82) is 0 Å². The first-order valence-electron chi connectivity index (χ1n) is 4.20. The summed E-state index contributed by atoms with van der Waals surface area (Å²) in [5, 5.41) is 0. The van der Waals surface area contributed by atoms with Gasteiger partial charge in [-0.1, -0.05) is 12.1 Å². The lowest BCUT2D eigenvalue weighted by Crippen LogP contribution is -2.09. The Morgan fingerprint density at radius 1 is 1.60 bits per heavy atom. The molecule has 0 atom stereocenters. The highest BCUT2D eigenvalue weighted by Crippen LogP contribution is 2.18. The van der Waals surface area contributed by atoms with E-state index in [4.69, 9.17) is 5.73 Å². The van der Waals surface area contributed by atoms with Crippen LogP contribution in [0.3, 0.4) is 0 Å². The van der Waals surface area contributed by atoms with Crippen molar-refractivity contribution in [2.24, 2.45) is 4.99 Å². The zero-order valence-corrected chi connectivity index (χ0v) is 8.19. The number of carbonyl (C=O) groups is 1. The van der Waals surface area contributed by atoms with Gasteiger partial charge in [0.1, 0.15) is 0 Å². The van der Waals surface area contributed by atoms with Crippen LogP contribution in [0.1, 0.15) is 15.9 Å². The molecule has 0 aliphatic heterocycles.